The van der Waals surface area contributed by atoms with Crippen molar-refractivity contribution in [3.63, 3.8) is 0 Å². The molecular weight excluding hydrogens is 366 g/mol. The first-order chi connectivity index (χ1) is 11.9. The first kappa shape index (κ1) is 19.1. The normalized spacial score (nSPS) is 11.0. The van der Waals surface area contributed by atoms with Gasteiger partial charge in [0.15, 0.2) is 0 Å². The quantitative estimate of drug-likeness (QED) is 0.737. The van der Waals surface area contributed by atoms with E-state index in [-0.39, 0.29) is 27.8 Å². The summed E-state index contributed by atoms with van der Waals surface area (Å²) in [5.41, 5.74) is 0.416. The van der Waals surface area contributed by atoms with Crippen molar-refractivity contribution in [1.82, 2.24) is 0 Å². The number of carbonyl (C=O) groups is 1. The van der Waals surface area contributed by atoms with Crippen molar-refractivity contribution >= 4 is 33.3 Å². The Morgan fingerprint density at radius 1 is 1.08 bits per heavy atom. The van der Waals surface area contributed by atoms with Crippen LogP contribution in [0.4, 0.5) is 5.69 Å². The lowest BCUT2D eigenvalue weighted by Gasteiger charge is -2.11. The summed E-state index contributed by atoms with van der Waals surface area (Å²) in [5, 5.41) is 0.102. The molecule has 0 heterocycles. The van der Waals surface area contributed by atoms with Gasteiger partial charge in [-0.2, -0.15) is 0 Å². The molecule has 0 radical (unpaired) electrons. The van der Waals surface area contributed by atoms with Gasteiger partial charge in [0.1, 0.15) is 5.75 Å². The average molecular weight is 384 g/mol. The van der Waals surface area contributed by atoms with E-state index in [0.717, 1.165) is 0 Å². The van der Waals surface area contributed by atoms with E-state index in [1.54, 1.807) is 19.1 Å². The van der Waals surface area contributed by atoms with Crippen LogP contribution < -0.4 is 9.46 Å². The van der Waals surface area contributed by atoms with E-state index in [4.69, 9.17) is 21.1 Å². The van der Waals surface area contributed by atoms with Gasteiger partial charge in [-0.15, -0.1) is 0 Å². The van der Waals surface area contributed by atoms with Gasteiger partial charge in [0.05, 0.1) is 34.4 Å². The lowest BCUT2D eigenvalue weighted by atomic mass is 10.2. The molecule has 0 bridgehead atoms. The third-order valence-electron chi connectivity index (χ3n) is 3.16. The van der Waals surface area contributed by atoms with Crippen LogP contribution in [0, 0.1) is 0 Å². The number of halogens is 1. The Hall–Kier alpha value is -2.25. The molecule has 2 aromatic carbocycles. The molecule has 0 aliphatic carbocycles. The van der Waals surface area contributed by atoms with Gasteiger partial charge < -0.3 is 9.47 Å². The summed E-state index contributed by atoms with van der Waals surface area (Å²) >= 11 is 6.04. The predicted octanol–water partition coefficient (Wildman–Crippen LogP) is 3.72. The van der Waals surface area contributed by atoms with Crippen molar-refractivity contribution in [3.8, 4) is 5.75 Å². The first-order valence-electron chi connectivity index (χ1n) is 7.59. The van der Waals surface area contributed by atoms with E-state index in [1.165, 1.54) is 30.3 Å². The minimum atomic E-state index is -3.79. The lowest BCUT2D eigenvalue weighted by molar-refractivity contribution is 0.0526. The van der Waals surface area contributed by atoms with Gasteiger partial charge in [0.2, 0.25) is 0 Å². The molecule has 0 aliphatic heterocycles. The molecule has 8 heteroatoms. The number of ether oxygens (including phenoxy) is 2. The van der Waals surface area contributed by atoms with Crippen LogP contribution in [0.1, 0.15) is 24.2 Å². The summed E-state index contributed by atoms with van der Waals surface area (Å²) in [6, 6.07) is 10.3. The Kier molecular flexibility index (Phi) is 6.27. The fourth-order valence-corrected chi connectivity index (χ4v) is 3.36. The smallest absolute Gasteiger partial charge is 0.339 e. The minimum absolute atomic E-state index is 0.0848. The molecule has 1 N–H and O–H groups in total. The number of rotatable bonds is 7. The lowest BCUT2D eigenvalue weighted by Crippen LogP contribution is -2.13. The van der Waals surface area contributed by atoms with Crippen molar-refractivity contribution < 1.29 is 22.7 Å². The number of anilines is 1. The highest BCUT2D eigenvalue weighted by Crippen LogP contribution is 2.24. The third kappa shape index (κ3) is 4.87. The highest BCUT2D eigenvalue weighted by Gasteiger charge is 2.17. The van der Waals surface area contributed by atoms with Crippen molar-refractivity contribution in [1.29, 1.82) is 0 Å². The van der Waals surface area contributed by atoms with Crippen molar-refractivity contribution in [2.75, 3.05) is 17.9 Å². The Morgan fingerprint density at radius 2 is 1.76 bits per heavy atom. The van der Waals surface area contributed by atoms with Gasteiger partial charge in [-0.25, -0.2) is 13.2 Å². The number of hydrogen-bond acceptors (Lipinski definition) is 5. The van der Waals surface area contributed by atoms with E-state index < -0.39 is 16.0 Å². The molecule has 0 saturated carbocycles. The second-order valence-corrected chi connectivity index (χ2v) is 7.01. The number of nitrogens with one attached hydrogen (secondary N) is 1. The predicted molar refractivity (Wildman–Crippen MR) is 95.8 cm³/mol. The summed E-state index contributed by atoms with van der Waals surface area (Å²) in [4.78, 5) is 11.8. The maximum absolute atomic E-state index is 12.4. The van der Waals surface area contributed by atoms with E-state index in [9.17, 15) is 13.2 Å². The fourth-order valence-electron chi connectivity index (χ4n) is 2.05. The summed E-state index contributed by atoms with van der Waals surface area (Å²) in [5.74, 6) is 0.0247. The number of carbonyl (C=O) groups excluding carboxylic acids is 1. The van der Waals surface area contributed by atoms with Crippen LogP contribution in [0.2, 0.25) is 5.02 Å². The largest absolute Gasteiger partial charge is 0.494 e. The molecule has 25 heavy (non-hydrogen) atoms. The molecule has 0 saturated heterocycles. The minimum Gasteiger partial charge on any atom is -0.494 e. The molecule has 0 spiro atoms. The van der Waals surface area contributed by atoms with Gasteiger partial charge in [-0.1, -0.05) is 11.6 Å². The highest BCUT2D eigenvalue weighted by atomic mass is 35.5. The van der Waals surface area contributed by atoms with Crippen molar-refractivity contribution in [2.24, 2.45) is 0 Å². The van der Waals surface area contributed by atoms with Gasteiger partial charge in [-0.05, 0) is 56.3 Å². The van der Waals surface area contributed by atoms with Gasteiger partial charge in [-0.3, -0.25) is 4.72 Å². The highest BCUT2D eigenvalue weighted by molar-refractivity contribution is 7.92. The molecule has 2 aromatic rings. The summed E-state index contributed by atoms with van der Waals surface area (Å²) in [6.07, 6.45) is 0. The van der Waals surface area contributed by atoms with E-state index in [1.807, 2.05) is 6.92 Å². The molecule has 0 fully saturated rings. The average Bonchev–Trinajstić information content (AvgIpc) is 2.55. The van der Waals surface area contributed by atoms with Crippen LogP contribution in [-0.2, 0) is 14.8 Å². The molecule has 0 aromatic heterocycles. The number of esters is 1. The Balaban J connectivity index is 2.20. The standard InChI is InChI=1S/C17H18ClNO5S/c1-3-23-13-6-8-14(9-7-13)25(21,22)19-12-5-10-15(16(18)11-12)17(20)24-4-2/h5-11,19H,3-4H2,1-2H3. The Morgan fingerprint density at radius 3 is 2.32 bits per heavy atom. The molecule has 0 unspecified atom stereocenters. The van der Waals surface area contributed by atoms with E-state index in [0.29, 0.717) is 12.4 Å². The fraction of sp³-hybridized carbons (Fsp3) is 0.235. The summed E-state index contributed by atoms with van der Waals surface area (Å²) in [6.45, 7) is 4.25. The number of benzene rings is 2. The zero-order valence-electron chi connectivity index (χ0n) is 13.8. The molecule has 6 nitrogen and oxygen atoms in total. The maximum Gasteiger partial charge on any atom is 0.339 e. The third-order valence-corrected chi connectivity index (χ3v) is 4.87. The molecular formula is C17H18ClNO5S. The Bertz CT molecular complexity index is 850. The van der Waals surface area contributed by atoms with Crippen LogP contribution in [-0.4, -0.2) is 27.6 Å². The van der Waals surface area contributed by atoms with Crippen LogP contribution in [0.3, 0.4) is 0 Å². The van der Waals surface area contributed by atoms with E-state index >= 15 is 0 Å². The molecule has 2 rings (SSSR count). The van der Waals surface area contributed by atoms with Crippen LogP contribution in [0.5, 0.6) is 5.75 Å². The monoisotopic (exact) mass is 383 g/mol. The topological polar surface area (TPSA) is 81.7 Å². The first-order valence-corrected chi connectivity index (χ1v) is 9.46. The van der Waals surface area contributed by atoms with Crippen LogP contribution in [0.25, 0.3) is 0 Å². The van der Waals surface area contributed by atoms with Gasteiger partial charge in [0, 0.05) is 0 Å². The zero-order chi connectivity index (χ0) is 18.4. The van der Waals surface area contributed by atoms with Crippen LogP contribution in [0.15, 0.2) is 47.4 Å². The molecule has 0 aliphatic rings. The number of hydrogen-bond donors (Lipinski definition) is 1. The second-order valence-electron chi connectivity index (χ2n) is 4.93. The summed E-state index contributed by atoms with van der Waals surface area (Å²) < 4.78 is 37.4. The van der Waals surface area contributed by atoms with Crippen LogP contribution >= 0.6 is 11.6 Å². The van der Waals surface area contributed by atoms with Gasteiger partial charge >= 0.3 is 5.97 Å². The summed E-state index contributed by atoms with van der Waals surface area (Å²) in [7, 11) is -3.79. The van der Waals surface area contributed by atoms with Crippen molar-refractivity contribution in [3.05, 3.63) is 53.1 Å². The SMILES string of the molecule is CCOC(=O)c1ccc(NS(=O)(=O)c2ccc(OCC)cc2)cc1Cl. The zero-order valence-corrected chi connectivity index (χ0v) is 15.4. The van der Waals surface area contributed by atoms with E-state index in [2.05, 4.69) is 4.72 Å². The Labute approximate surface area is 151 Å². The van der Waals surface area contributed by atoms with Gasteiger partial charge in [0.25, 0.3) is 10.0 Å². The maximum atomic E-state index is 12.4. The van der Waals surface area contributed by atoms with Crippen molar-refractivity contribution in [2.45, 2.75) is 18.7 Å². The number of sulfonamides is 1. The second kappa shape index (κ2) is 8.22. The molecule has 0 amide bonds. The molecule has 0 atom stereocenters. The molecule has 134 valence electrons.